The van der Waals surface area contributed by atoms with Crippen LogP contribution in [-0.2, 0) is 6.54 Å². The molecule has 0 aromatic heterocycles. The summed E-state index contributed by atoms with van der Waals surface area (Å²) in [5, 5.41) is 4.25. The molecule has 0 saturated carbocycles. The predicted octanol–water partition coefficient (Wildman–Crippen LogP) is 3.71. The van der Waals surface area contributed by atoms with Crippen molar-refractivity contribution in [2.75, 3.05) is 26.7 Å². The second-order valence-corrected chi connectivity index (χ2v) is 6.72. The molecular formula is C18H29ClN2O2. The first-order chi connectivity index (χ1) is 11.0. The van der Waals surface area contributed by atoms with E-state index < -0.39 is 0 Å². The van der Waals surface area contributed by atoms with Gasteiger partial charge in [0.05, 0.1) is 13.2 Å². The molecule has 2 rings (SSSR count). The smallest absolute Gasteiger partial charge is 0.163 e. The molecule has 130 valence electrons. The molecular weight excluding hydrogens is 312 g/mol. The molecule has 4 nitrogen and oxygen atoms in total. The van der Waals surface area contributed by atoms with Crippen molar-refractivity contribution in [2.45, 2.75) is 52.3 Å². The zero-order valence-corrected chi connectivity index (χ0v) is 15.4. The van der Waals surface area contributed by atoms with Gasteiger partial charge in [-0.15, -0.1) is 0 Å². The molecule has 1 aromatic carbocycles. The van der Waals surface area contributed by atoms with Gasteiger partial charge >= 0.3 is 0 Å². The summed E-state index contributed by atoms with van der Waals surface area (Å²) in [6, 6.07) is 4.47. The zero-order chi connectivity index (χ0) is 16.8. The first-order valence-electron chi connectivity index (χ1n) is 8.53. The molecule has 1 atom stereocenters. The third-order valence-corrected chi connectivity index (χ3v) is 4.65. The Morgan fingerprint density at radius 3 is 2.78 bits per heavy atom. The number of benzene rings is 1. The number of likely N-dealkylation sites (tertiary alicyclic amines) is 1. The van der Waals surface area contributed by atoms with Gasteiger partial charge in [-0.1, -0.05) is 18.5 Å². The Bertz CT molecular complexity index is 508. The Morgan fingerprint density at radius 2 is 2.13 bits per heavy atom. The number of methoxy groups -OCH3 is 1. The summed E-state index contributed by atoms with van der Waals surface area (Å²) >= 11 is 6.41. The van der Waals surface area contributed by atoms with Gasteiger partial charge in [0, 0.05) is 30.2 Å². The molecule has 0 aliphatic carbocycles. The number of hydrogen-bond donors (Lipinski definition) is 1. The van der Waals surface area contributed by atoms with Crippen molar-refractivity contribution in [1.82, 2.24) is 10.2 Å². The minimum Gasteiger partial charge on any atom is -0.493 e. The third kappa shape index (κ3) is 5.00. The third-order valence-electron chi connectivity index (χ3n) is 4.30. The molecule has 1 aliphatic heterocycles. The van der Waals surface area contributed by atoms with Crippen LogP contribution >= 0.6 is 11.6 Å². The maximum Gasteiger partial charge on any atom is 0.163 e. The highest BCUT2D eigenvalue weighted by atomic mass is 35.5. The number of nitrogens with zero attached hydrogens (tertiary/aromatic N) is 1. The van der Waals surface area contributed by atoms with Crippen LogP contribution in [0.3, 0.4) is 0 Å². The van der Waals surface area contributed by atoms with Crippen LogP contribution in [0, 0.1) is 0 Å². The van der Waals surface area contributed by atoms with Crippen LogP contribution in [0.25, 0.3) is 0 Å². The van der Waals surface area contributed by atoms with Gasteiger partial charge in [0.1, 0.15) is 0 Å². The van der Waals surface area contributed by atoms with Gasteiger partial charge < -0.3 is 14.8 Å². The molecule has 1 saturated heterocycles. The Labute approximate surface area is 145 Å². The maximum absolute atomic E-state index is 6.41. The van der Waals surface area contributed by atoms with E-state index >= 15 is 0 Å². The van der Waals surface area contributed by atoms with E-state index in [0.717, 1.165) is 30.9 Å². The molecule has 1 aliphatic rings. The molecule has 5 heteroatoms. The summed E-state index contributed by atoms with van der Waals surface area (Å²) < 4.78 is 11.2. The molecule has 0 spiro atoms. The van der Waals surface area contributed by atoms with Gasteiger partial charge in [0.15, 0.2) is 11.5 Å². The number of nitrogens with one attached hydrogen (secondary N) is 1. The summed E-state index contributed by atoms with van der Waals surface area (Å²) in [7, 11) is 1.66. The van der Waals surface area contributed by atoms with Gasteiger partial charge in [-0.05, 0) is 51.4 Å². The summed E-state index contributed by atoms with van der Waals surface area (Å²) in [4.78, 5) is 2.54. The van der Waals surface area contributed by atoms with Gasteiger partial charge in [0.2, 0.25) is 0 Å². The van der Waals surface area contributed by atoms with E-state index in [1.54, 1.807) is 7.11 Å². The van der Waals surface area contributed by atoms with Gasteiger partial charge in [0.25, 0.3) is 0 Å². The van der Waals surface area contributed by atoms with Crippen molar-refractivity contribution in [3.05, 3.63) is 22.7 Å². The molecule has 1 unspecified atom stereocenters. The summed E-state index contributed by atoms with van der Waals surface area (Å²) in [5.41, 5.74) is 1.04. The average Bonchev–Trinajstić information content (AvgIpc) is 2.96. The normalized spacial score (nSPS) is 18.6. The van der Waals surface area contributed by atoms with Crippen molar-refractivity contribution >= 4 is 11.6 Å². The maximum atomic E-state index is 6.41. The lowest BCUT2D eigenvalue weighted by Crippen LogP contribution is -2.37. The standard InChI is InChI=1S/C18H29ClN2O2/c1-5-21-8-6-7-15(21)12-20-11-14-9-17(22-4)18(10-16(14)19)23-13(2)3/h9-10,13,15,20H,5-8,11-12H2,1-4H3. The van der Waals surface area contributed by atoms with Crippen molar-refractivity contribution in [2.24, 2.45) is 0 Å². The first-order valence-corrected chi connectivity index (χ1v) is 8.90. The summed E-state index contributed by atoms with van der Waals surface area (Å²) in [6.07, 6.45) is 2.67. The Kier molecular flexibility index (Phi) is 7.00. The number of halogens is 1. The highest BCUT2D eigenvalue weighted by molar-refractivity contribution is 6.31. The zero-order valence-electron chi connectivity index (χ0n) is 14.7. The van der Waals surface area contributed by atoms with Crippen LogP contribution in [-0.4, -0.2) is 43.8 Å². The Morgan fingerprint density at radius 1 is 1.35 bits per heavy atom. The molecule has 0 bridgehead atoms. The lowest BCUT2D eigenvalue weighted by molar-refractivity contribution is 0.230. The van der Waals surface area contributed by atoms with Crippen LogP contribution in [0.15, 0.2) is 12.1 Å². The van der Waals surface area contributed by atoms with Crippen LogP contribution in [0.5, 0.6) is 11.5 Å². The molecule has 1 heterocycles. The van der Waals surface area contributed by atoms with Crippen molar-refractivity contribution in [3.63, 3.8) is 0 Å². The lowest BCUT2D eigenvalue weighted by atomic mass is 10.1. The fourth-order valence-electron chi connectivity index (χ4n) is 3.13. The number of likely N-dealkylation sites (N-methyl/N-ethyl adjacent to an activating group) is 1. The van der Waals surface area contributed by atoms with E-state index in [1.807, 2.05) is 26.0 Å². The van der Waals surface area contributed by atoms with E-state index in [0.29, 0.717) is 16.8 Å². The largest absolute Gasteiger partial charge is 0.493 e. The van der Waals surface area contributed by atoms with Crippen LogP contribution < -0.4 is 14.8 Å². The fraction of sp³-hybridized carbons (Fsp3) is 0.667. The van der Waals surface area contributed by atoms with Crippen molar-refractivity contribution in [3.8, 4) is 11.5 Å². The van der Waals surface area contributed by atoms with Crippen LogP contribution in [0.1, 0.15) is 39.2 Å². The molecule has 1 N–H and O–H groups in total. The van der Waals surface area contributed by atoms with Gasteiger partial charge in [-0.3, -0.25) is 4.90 Å². The van der Waals surface area contributed by atoms with Crippen molar-refractivity contribution < 1.29 is 9.47 Å². The fourth-order valence-corrected chi connectivity index (χ4v) is 3.35. The van der Waals surface area contributed by atoms with E-state index in [2.05, 4.69) is 17.1 Å². The SMILES string of the molecule is CCN1CCCC1CNCc1cc(OC)c(OC(C)C)cc1Cl. The minimum absolute atomic E-state index is 0.0892. The Balaban J connectivity index is 1.97. The molecule has 1 aromatic rings. The highest BCUT2D eigenvalue weighted by Gasteiger charge is 2.22. The van der Waals surface area contributed by atoms with Gasteiger partial charge in [-0.2, -0.15) is 0 Å². The minimum atomic E-state index is 0.0892. The monoisotopic (exact) mass is 340 g/mol. The van der Waals surface area contributed by atoms with Crippen LogP contribution in [0.4, 0.5) is 0 Å². The number of hydrogen-bond acceptors (Lipinski definition) is 4. The van der Waals surface area contributed by atoms with E-state index in [9.17, 15) is 0 Å². The van der Waals surface area contributed by atoms with E-state index in [-0.39, 0.29) is 6.10 Å². The average molecular weight is 341 g/mol. The second-order valence-electron chi connectivity index (χ2n) is 6.32. The lowest BCUT2D eigenvalue weighted by Gasteiger charge is -2.23. The second kappa shape index (κ2) is 8.76. The predicted molar refractivity (Wildman–Crippen MR) is 95.7 cm³/mol. The molecule has 1 fully saturated rings. The van der Waals surface area contributed by atoms with E-state index in [1.165, 1.54) is 19.4 Å². The van der Waals surface area contributed by atoms with Crippen molar-refractivity contribution in [1.29, 1.82) is 0 Å². The molecule has 0 amide bonds. The summed E-state index contributed by atoms with van der Waals surface area (Å²) in [5.74, 6) is 1.43. The van der Waals surface area contributed by atoms with Crippen LogP contribution in [0.2, 0.25) is 5.02 Å². The quantitative estimate of drug-likeness (QED) is 0.782. The van der Waals surface area contributed by atoms with Gasteiger partial charge in [-0.25, -0.2) is 0 Å². The number of ether oxygens (including phenoxy) is 2. The molecule has 23 heavy (non-hydrogen) atoms. The molecule has 0 radical (unpaired) electrons. The first kappa shape index (κ1) is 18.4. The Hall–Kier alpha value is -0.970. The highest BCUT2D eigenvalue weighted by Crippen LogP contribution is 2.34. The van der Waals surface area contributed by atoms with E-state index in [4.69, 9.17) is 21.1 Å². The topological polar surface area (TPSA) is 33.7 Å². The summed E-state index contributed by atoms with van der Waals surface area (Å²) in [6.45, 7) is 10.3. The number of rotatable bonds is 8.